The molecule has 29 heavy (non-hydrogen) atoms. The predicted molar refractivity (Wildman–Crippen MR) is 106 cm³/mol. The molecule has 8 nitrogen and oxygen atoms in total. The van der Waals surface area contributed by atoms with Crippen LogP contribution in [0.15, 0.2) is 55.1 Å². The van der Waals surface area contributed by atoms with Crippen LogP contribution in [0.4, 0.5) is 0 Å². The molecule has 0 aliphatic carbocycles. The summed E-state index contributed by atoms with van der Waals surface area (Å²) in [4.78, 5) is 27.6. The number of aromatic amines is 1. The molecule has 1 aromatic carbocycles. The van der Waals surface area contributed by atoms with Crippen LogP contribution < -0.4 is 4.74 Å². The van der Waals surface area contributed by atoms with Crippen LogP contribution in [0.3, 0.4) is 0 Å². The fourth-order valence-corrected chi connectivity index (χ4v) is 3.24. The molecule has 0 radical (unpaired) electrons. The van der Waals surface area contributed by atoms with Gasteiger partial charge in [0.1, 0.15) is 23.9 Å². The number of fused-ring (bicyclic) bond motifs is 1. The summed E-state index contributed by atoms with van der Waals surface area (Å²) in [5, 5.41) is 12.0. The van der Waals surface area contributed by atoms with Crippen LogP contribution in [0.5, 0.6) is 5.75 Å². The number of hydrogen-bond acceptors (Lipinski definition) is 7. The van der Waals surface area contributed by atoms with Crippen LogP contribution in [0.1, 0.15) is 27.8 Å². The SMILES string of the molecule is COC(=O)c1cccc(C(O)c2c(-c3cncnc3)[nH]c3cc(OC)ccc23)n1. The molecule has 3 heterocycles. The van der Waals surface area contributed by atoms with Crippen molar-refractivity contribution in [3.8, 4) is 17.0 Å². The molecule has 0 saturated heterocycles. The van der Waals surface area contributed by atoms with E-state index in [1.54, 1.807) is 31.6 Å². The number of ether oxygens (including phenoxy) is 2. The van der Waals surface area contributed by atoms with Crippen molar-refractivity contribution in [2.45, 2.75) is 6.10 Å². The lowest BCUT2D eigenvalue weighted by Crippen LogP contribution is -2.09. The molecule has 1 atom stereocenters. The number of nitrogens with zero attached hydrogens (tertiary/aromatic N) is 3. The Morgan fingerprint density at radius 2 is 1.93 bits per heavy atom. The summed E-state index contributed by atoms with van der Waals surface area (Å²) in [5.41, 5.74) is 3.19. The third kappa shape index (κ3) is 3.41. The van der Waals surface area contributed by atoms with Gasteiger partial charge in [-0.25, -0.2) is 19.7 Å². The van der Waals surface area contributed by atoms with Gasteiger partial charge in [-0.2, -0.15) is 0 Å². The van der Waals surface area contributed by atoms with Gasteiger partial charge in [0.2, 0.25) is 0 Å². The minimum atomic E-state index is -1.10. The van der Waals surface area contributed by atoms with Gasteiger partial charge in [-0.3, -0.25) is 0 Å². The van der Waals surface area contributed by atoms with E-state index in [-0.39, 0.29) is 5.69 Å². The van der Waals surface area contributed by atoms with Gasteiger partial charge >= 0.3 is 5.97 Å². The number of carbonyl (C=O) groups is 1. The first-order chi connectivity index (χ1) is 14.1. The molecule has 4 rings (SSSR count). The number of H-pyrrole nitrogens is 1. The second kappa shape index (κ2) is 7.69. The van der Waals surface area contributed by atoms with E-state index < -0.39 is 12.1 Å². The van der Waals surface area contributed by atoms with Gasteiger partial charge in [0.25, 0.3) is 0 Å². The summed E-state index contributed by atoms with van der Waals surface area (Å²) in [6.07, 6.45) is 3.65. The van der Waals surface area contributed by atoms with Crippen LogP contribution in [0, 0.1) is 0 Å². The van der Waals surface area contributed by atoms with Crippen molar-refractivity contribution in [1.29, 1.82) is 0 Å². The molecule has 3 aromatic heterocycles. The van der Waals surface area contributed by atoms with Gasteiger partial charge in [0.15, 0.2) is 0 Å². The molecular weight excluding hydrogens is 372 g/mol. The largest absolute Gasteiger partial charge is 0.497 e. The maximum atomic E-state index is 11.8. The van der Waals surface area contributed by atoms with E-state index in [1.165, 1.54) is 19.5 Å². The lowest BCUT2D eigenvalue weighted by atomic mass is 9.99. The maximum absolute atomic E-state index is 11.8. The molecule has 1 unspecified atom stereocenters. The van der Waals surface area contributed by atoms with Crippen LogP contribution in [-0.2, 0) is 4.74 Å². The van der Waals surface area contributed by atoms with E-state index >= 15 is 0 Å². The van der Waals surface area contributed by atoms with Crippen molar-refractivity contribution in [2.24, 2.45) is 0 Å². The highest BCUT2D eigenvalue weighted by atomic mass is 16.5. The number of benzene rings is 1. The number of methoxy groups -OCH3 is 2. The number of aliphatic hydroxyl groups is 1. The molecule has 0 fully saturated rings. The first kappa shape index (κ1) is 18.6. The fourth-order valence-electron chi connectivity index (χ4n) is 3.24. The quantitative estimate of drug-likeness (QED) is 0.504. The summed E-state index contributed by atoms with van der Waals surface area (Å²) in [6, 6.07) is 10.4. The second-order valence-corrected chi connectivity index (χ2v) is 6.29. The molecule has 2 N–H and O–H groups in total. The first-order valence-electron chi connectivity index (χ1n) is 8.80. The average molecular weight is 390 g/mol. The third-order valence-corrected chi connectivity index (χ3v) is 4.61. The fraction of sp³-hybridized carbons (Fsp3) is 0.143. The Labute approximate surface area is 166 Å². The second-order valence-electron chi connectivity index (χ2n) is 6.29. The topological polar surface area (TPSA) is 110 Å². The number of rotatable bonds is 5. The number of aliphatic hydroxyl groups excluding tert-OH is 1. The van der Waals surface area contributed by atoms with Crippen molar-refractivity contribution in [1.82, 2.24) is 19.9 Å². The zero-order chi connectivity index (χ0) is 20.4. The van der Waals surface area contributed by atoms with Crippen LogP contribution in [0.25, 0.3) is 22.2 Å². The normalized spacial score (nSPS) is 12.0. The Bertz CT molecular complexity index is 1170. The Balaban J connectivity index is 1.91. The molecule has 0 saturated carbocycles. The minimum Gasteiger partial charge on any atom is -0.497 e. The highest BCUT2D eigenvalue weighted by molar-refractivity contribution is 5.92. The summed E-state index contributed by atoms with van der Waals surface area (Å²) in [6.45, 7) is 0. The summed E-state index contributed by atoms with van der Waals surface area (Å²) in [5.74, 6) is 0.112. The van der Waals surface area contributed by atoms with E-state index in [2.05, 4.69) is 19.9 Å². The van der Waals surface area contributed by atoms with Gasteiger partial charge in [-0.1, -0.05) is 6.07 Å². The lowest BCUT2D eigenvalue weighted by molar-refractivity contribution is 0.0593. The molecule has 0 aliphatic heterocycles. The molecule has 8 heteroatoms. The van der Waals surface area contributed by atoms with Gasteiger partial charge < -0.3 is 19.6 Å². The highest BCUT2D eigenvalue weighted by Gasteiger charge is 2.24. The molecule has 0 bridgehead atoms. The summed E-state index contributed by atoms with van der Waals surface area (Å²) in [7, 11) is 2.88. The molecule has 0 aliphatic rings. The van der Waals surface area contributed by atoms with E-state index in [1.807, 2.05) is 18.2 Å². The van der Waals surface area contributed by atoms with Crippen molar-refractivity contribution in [3.63, 3.8) is 0 Å². The maximum Gasteiger partial charge on any atom is 0.356 e. The first-order valence-corrected chi connectivity index (χ1v) is 8.80. The Hall–Kier alpha value is -3.78. The third-order valence-electron chi connectivity index (χ3n) is 4.61. The van der Waals surface area contributed by atoms with Gasteiger partial charge in [-0.05, 0) is 24.3 Å². The van der Waals surface area contributed by atoms with E-state index in [0.717, 1.165) is 10.9 Å². The molecule has 146 valence electrons. The van der Waals surface area contributed by atoms with E-state index in [0.29, 0.717) is 28.3 Å². The predicted octanol–water partition coefficient (Wildman–Crippen LogP) is 2.90. The minimum absolute atomic E-state index is 0.121. The van der Waals surface area contributed by atoms with Gasteiger partial charge in [0.05, 0.1) is 25.6 Å². The summed E-state index contributed by atoms with van der Waals surface area (Å²) < 4.78 is 10.0. The van der Waals surface area contributed by atoms with E-state index in [9.17, 15) is 9.90 Å². The number of aromatic nitrogens is 4. The monoisotopic (exact) mass is 390 g/mol. The Morgan fingerprint density at radius 1 is 1.14 bits per heavy atom. The smallest absolute Gasteiger partial charge is 0.356 e. The number of carbonyl (C=O) groups excluding carboxylic acids is 1. The molecule has 4 aromatic rings. The van der Waals surface area contributed by atoms with Crippen LogP contribution >= 0.6 is 0 Å². The van der Waals surface area contributed by atoms with Gasteiger partial charge in [-0.15, -0.1) is 0 Å². The standard InChI is InChI=1S/C21H18N4O4/c1-28-13-6-7-14-17(8-13)25-19(12-9-22-11-23-10-12)18(14)20(26)15-4-3-5-16(24-15)21(27)29-2/h3-11,20,25-26H,1-2H3. The number of esters is 1. The number of pyridine rings is 1. The van der Waals surface area contributed by atoms with Crippen molar-refractivity contribution in [3.05, 3.63) is 72.1 Å². The molecular formula is C21H18N4O4. The average Bonchev–Trinajstić information content (AvgIpc) is 3.17. The lowest BCUT2D eigenvalue weighted by Gasteiger charge is -2.13. The number of hydrogen-bond donors (Lipinski definition) is 2. The number of nitrogens with one attached hydrogen (secondary N) is 1. The van der Waals surface area contributed by atoms with Gasteiger partial charge in [0, 0.05) is 40.5 Å². The zero-order valence-electron chi connectivity index (χ0n) is 15.8. The Morgan fingerprint density at radius 3 is 2.66 bits per heavy atom. The van der Waals surface area contributed by atoms with Crippen molar-refractivity contribution < 1.29 is 19.4 Å². The van der Waals surface area contributed by atoms with Crippen molar-refractivity contribution in [2.75, 3.05) is 14.2 Å². The van der Waals surface area contributed by atoms with Crippen molar-refractivity contribution >= 4 is 16.9 Å². The zero-order valence-corrected chi connectivity index (χ0v) is 15.8. The van der Waals surface area contributed by atoms with Crippen LogP contribution in [-0.4, -0.2) is 45.2 Å². The Kier molecular flexibility index (Phi) is 4.92. The molecule has 0 spiro atoms. The van der Waals surface area contributed by atoms with Crippen LogP contribution in [0.2, 0.25) is 0 Å². The van der Waals surface area contributed by atoms with E-state index in [4.69, 9.17) is 9.47 Å². The highest BCUT2D eigenvalue weighted by Crippen LogP contribution is 2.37. The summed E-state index contributed by atoms with van der Waals surface area (Å²) >= 11 is 0. The molecule has 0 amide bonds.